The molecule has 4 nitrogen and oxygen atoms in total. The van der Waals surface area contributed by atoms with Gasteiger partial charge in [-0.05, 0) is 56.4 Å². The average Bonchev–Trinajstić information content (AvgIpc) is 2.67. The first-order valence-electron chi connectivity index (χ1n) is 9.66. The molecule has 1 saturated carbocycles. The van der Waals surface area contributed by atoms with E-state index < -0.39 is 29.9 Å². The monoisotopic (exact) mass is 400 g/mol. The first kappa shape index (κ1) is 20.6. The van der Waals surface area contributed by atoms with E-state index in [1.807, 2.05) is 0 Å². The van der Waals surface area contributed by atoms with Crippen LogP contribution in [0, 0.1) is 17.7 Å². The lowest BCUT2D eigenvalue weighted by Crippen LogP contribution is -2.49. The summed E-state index contributed by atoms with van der Waals surface area (Å²) in [6.45, 7) is 0.719. The highest BCUT2D eigenvalue weighted by molar-refractivity contribution is 5.94. The summed E-state index contributed by atoms with van der Waals surface area (Å²) in [5.74, 6) is -2.80. The number of piperidine rings is 1. The Morgan fingerprint density at radius 1 is 1.04 bits per heavy atom. The second-order valence-corrected chi connectivity index (χ2v) is 7.71. The van der Waals surface area contributed by atoms with Crippen LogP contribution in [0.25, 0.3) is 0 Å². The zero-order valence-corrected chi connectivity index (χ0v) is 15.5. The normalized spacial score (nSPS) is 26.0. The highest BCUT2D eigenvalue weighted by atomic mass is 19.4. The van der Waals surface area contributed by atoms with Crippen LogP contribution in [0.1, 0.15) is 48.9 Å². The maximum absolute atomic E-state index is 13.0. The smallest absolute Gasteiger partial charge is 0.353 e. The van der Waals surface area contributed by atoms with Gasteiger partial charge in [-0.25, -0.2) is 4.39 Å². The molecule has 1 aromatic carbocycles. The van der Waals surface area contributed by atoms with Crippen molar-refractivity contribution in [1.82, 2.24) is 10.2 Å². The molecule has 8 heteroatoms. The minimum Gasteiger partial charge on any atom is -0.353 e. The summed E-state index contributed by atoms with van der Waals surface area (Å²) in [5.41, 5.74) is 0.350. The van der Waals surface area contributed by atoms with E-state index in [1.165, 1.54) is 24.3 Å². The molecule has 1 aromatic rings. The van der Waals surface area contributed by atoms with Crippen molar-refractivity contribution in [1.29, 1.82) is 0 Å². The van der Waals surface area contributed by atoms with Gasteiger partial charge in [0.2, 0.25) is 5.91 Å². The first-order valence-corrected chi connectivity index (χ1v) is 9.66. The Morgan fingerprint density at radius 3 is 2.43 bits per heavy atom. The number of hydrogen-bond donors (Lipinski definition) is 1. The summed E-state index contributed by atoms with van der Waals surface area (Å²) in [6, 6.07) is 4.75. The molecule has 1 heterocycles. The number of rotatable bonds is 3. The van der Waals surface area contributed by atoms with E-state index in [9.17, 15) is 27.2 Å². The second kappa shape index (κ2) is 8.49. The largest absolute Gasteiger partial charge is 0.391 e. The van der Waals surface area contributed by atoms with E-state index in [1.54, 1.807) is 4.90 Å². The Morgan fingerprint density at radius 2 is 1.75 bits per heavy atom. The zero-order valence-electron chi connectivity index (χ0n) is 15.5. The summed E-state index contributed by atoms with van der Waals surface area (Å²) < 4.78 is 51.9. The number of halogens is 4. The summed E-state index contributed by atoms with van der Waals surface area (Å²) in [5, 5.41) is 2.77. The lowest BCUT2D eigenvalue weighted by molar-refractivity contribution is -0.184. The van der Waals surface area contributed by atoms with Crippen LogP contribution in [0.15, 0.2) is 24.3 Å². The molecule has 0 spiro atoms. The van der Waals surface area contributed by atoms with Crippen LogP contribution in [0.5, 0.6) is 0 Å². The average molecular weight is 400 g/mol. The molecular formula is C20H24F4N2O2. The number of hydrogen-bond acceptors (Lipinski definition) is 2. The Labute approximate surface area is 161 Å². The molecule has 1 saturated heterocycles. The second-order valence-electron chi connectivity index (χ2n) is 7.71. The molecule has 1 N–H and O–H groups in total. The number of nitrogens with zero attached hydrogens (tertiary/aromatic N) is 1. The molecule has 0 aromatic heterocycles. The molecule has 0 bridgehead atoms. The van der Waals surface area contributed by atoms with Crippen LogP contribution < -0.4 is 5.32 Å². The lowest BCUT2D eigenvalue weighted by atomic mass is 9.84. The van der Waals surface area contributed by atoms with E-state index in [2.05, 4.69) is 5.32 Å². The third-order valence-corrected chi connectivity index (χ3v) is 5.65. The molecule has 0 radical (unpaired) electrons. The summed E-state index contributed by atoms with van der Waals surface area (Å²) >= 11 is 0. The Hall–Kier alpha value is -2.12. The molecule has 1 aliphatic heterocycles. The molecule has 28 heavy (non-hydrogen) atoms. The Kier molecular flexibility index (Phi) is 6.25. The van der Waals surface area contributed by atoms with Crippen LogP contribution in [0.4, 0.5) is 17.6 Å². The maximum Gasteiger partial charge on any atom is 0.391 e. The van der Waals surface area contributed by atoms with Crippen LogP contribution in [-0.2, 0) is 4.79 Å². The number of alkyl halides is 3. The maximum atomic E-state index is 13.0. The third-order valence-electron chi connectivity index (χ3n) is 5.65. The van der Waals surface area contributed by atoms with Crippen molar-refractivity contribution < 1.29 is 27.2 Å². The minimum atomic E-state index is -4.23. The van der Waals surface area contributed by atoms with E-state index in [0.717, 1.165) is 0 Å². The van der Waals surface area contributed by atoms with Crippen molar-refractivity contribution in [2.45, 2.75) is 50.7 Å². The molecule has 1 aliphatic carbocycles. The zero-order chi connectivity index (χ0) is 20.3. The van der Waals surface area contributed by atoms with Gasteiger partial charge in [0.1, 0.15) is 5.82 Å². The lowest BCUT2D eigenvalue weighted by Gasteiger charge is -2.35. The predicted molar refractivity (Wildman–Crippen MR) is 95.0 cm³/mol. The number of likely N-dealkylation sites (tertiary alicyclic amines) is 1. The quantitative estimate of drug-likeness (QED) is 0.782. The highest BCUT2D eigenvalue weighted by Crippen LogP contribution is 2.37. The topological polar surface area (TPSA) is 49.4 Å². The fourth-order valence-electron chi connectivity index (χ4n) is 4.09. The highest BCUT2D eigenvalue weighted by Gasteiger charge is 2.42. The molecule has 2 amide bonds. The third kappa shape index (κ3) is 5.02. The summed E-state index contributed by atoms with van der Waals surface area (Å²) in [7, 11) is 0. The Bertz CT molecular complexity index is 705. The van der Waals surface area contributed by atoms with Crippen molar-refractivity contribution in [3.05, 3.63) is 35.6 Å². The van der Waals surface area contributed by atoms with Gasteiger partial charge in [0, 0.05) is 24.7 Å². The molecule has 154 valence electrons. The minimum absolute atomic E-state index is 0.0832. The Balaban J connectivity index is 1.57. The molecular weight excluding hydrogens is 376 g/mol. The number of benzene rings is 1. The summed E-state index contributed by atoms with van der Waals surface area (Å²) in [4.78, 5) is 26.7. The van der Waals surface area contributed by atoms with Crippen LogP contribution in [0.2, 0.25) is 0 Å². The van der Waals surface area contributed by atoms with E-state index in [0.29, 0.717) is 37.8 Å². The van der Waals surface area contributed by atoms with Gasteiger partial charge < -0.3 is 10.2 Å². The van der Waals surface area contributed by atoms with Gasteiger partial charge in [-0.1, -0.05) is 6.42 Å². The van der Waals surface area contributed by atoms with Crippen LogP contribution in [-0.4, -0.2) is 42.0 Å². The molecule has 2 fully saturated rings. The van der Waals surface area contributed by atoms with Gasteiger partial charge in [0.05, 0.1) is 11.8 Å². The summed E-state index contributed by atoms with van der Waals surface area (Å²) in [6.07, 6.45) is -1.99. The number of nitrogens with one attached hydrogen (secondary N) is 1. The van der Waals surface area contributed by atoms with Crippen molar-refractivity contribution >= 4 is 11.8 Å². The van der Waals surface area contributed by atoms with Crippen LogP contribution >= 0.6 is 0 Å². The van der Waals surface area contributed by atoms with Gasteiger partial charge in [-0.15, -0.1) is 0 Å². The van der Waals surface area contributed by atoms with Crippen molar-refractivity contribution in [2.75, 3.05) is 13.1 Å². The number of carbonyl (C=O) groups is 2. The molecule has 3 atom stereocenters. The van der Waals surface area contributed by atoms with Gasteiger partial charge in [0.25, 0.3) is 5.91 Å². The van der Waals surface area contributed by atoms with E-state index in [4.69, 9.17) is 0 Å². The van der Waals surface area contributed by atoms with Crippen molar-refractivity contribution in [3.63, 3.8) is 0 Å². The van der Waals surface area contributed by atoms with Crippen LogP contribution in [0.3, 0.4) is 0 Å². The van der Waals surface area contributed by atoms with Gasteiger partial charge in [-0.3, -0.25) is 9.59 Å². The molecule has 3 unspecified atom stereocenters. The fraction of sp³-hybridized carbons (Fsp3) is 0.600. The van der Waals surface area contributed by atoms with Crippen molar-refractivity contribution in [2.24, 2.45) is 11.8 Å². The fourth-order valence-corrected chi connectivity index (χ4v) is 4.09. The van der Waals surface area contributed by atoms with E-state index in [-0.39, 0.29) is 31.2 Å². The predicted octanol–water partition coefficient (Wildman–Crippen LogP) is 3.92. The van der Waals surface area contributed by atoms with Crippen molar-refractivity contribution in [3.8, 4) is 0 Å². The van der Waals surface area contributed by atoms with E-state index >= 15 is 0 Å². The number of amides is 2. The standard InChI is InChI=1S/C20H24F4N2O2/c21-16-8-6-13(7-9-16)19(28)26-10-2-3-14(12-26)18(27)25-17-5-1-4-15(11-17)20(22,23)24/h6-9,14-15,17H,1-5,10-12H2,(H,25,27). The molecule has 3 rings (SSSR count). The first-order chi connectivity index (χ1) is 13.2. The van der Waals surface area contributed by atoms with Gasteiger partial charge in [0.15, 0.2) is 0 Å². The SMILES string of the molecule is O=C(NC1CCCC(C(F)(F)F)C1)C1CCCN(C(=O)c2ccc(F)cc2)C1. The number of carbonyl (C=O) groups excluding carboxylic acids is 2. The van der Waals surface area contributed by atoms with Gasteiger partial charge in [-0.2, -0.15) is 13.2 Å². The molecule has 2 aliphatic rings. The van der Waals surface area contributed by atoms with Gasteiger partial charge >= 0.3 is 6.18 Å².